The molecule has 2 heterocycles. The van der Waals surface area contributed by atoms with Crippen LogP contribution < -0.4 is 11.0 Å². The molecule has 4 aromatic rings. The Balaban J connectivity index is 1.98. The van der Waals surface area contributed by atoms with E-state index in [-0.39, 0.29) is 10.7 Å². The molecule has 0 fully saturated rings. The lowest BCUT2D eigenvalue weighted by Gasteiger charge is -2.08. The third kappa shape index (κ3) is 3.62. The fourth-order valence-corrected chi connectivity index (χ4v) is 4.00. The topological polar surface area (TPSA) is 147 Å². The number of imidazole rings is 1. The van der Waals surface area contributed by atoms with Crippen molar-refractivity contribution in [2.24, 2.45) is 5.14 Å². The molecule has 0 aliphatic carbocycles. The SMILES string of the molecule is CS(=O)c1cccc(-c2nc(-c3cccc(S(N)(=O)=O)c3)nc3c2ncn3N)c1. The van der Waals surface area contributed by atoms with Crippen LogP contribution in [0.1, 0.15) is 0 Å². The molecule has 0 radical (unpaired) electrons. The van der Waals surface area contributed by atoms with Gasteiger partial charge in [-0.2, -0.15) is 0 Å². The van der Waals surface area contributed by atoms with Crippen LogP contribution in [0.4, 0.5) is 0 Å². The number of sulfonamides is 1. The van der Waals surface area contributed by atoms with Gasteiger partial charge in [0, 0.05) is 33.1 Å². The average Bonchev–Trinajstić information content (AvgIpc) is 3.08. The van der Waals surface area contributed by atoms with Gasteiger partial charge in [-0.15, -0.1) is 0 Å². The molecule has 0 amide bonds. The van der Waals surface area contributed by atoms with Crippen molar-refractivity contribution in [3.05, 3.63) is 54.9 Å². The zero-order valence-corrected chi connectivity index (χ0v) is 16.8. The molecular formula is C18H16N6O3S2. The molecule has 4 rings (SSSR count). The van der Waals surface area contributed by atoms with Crippen molar-refractivity contribution in [2.45, 2.75) is 9.79 Å². The molecule has 0 bridgehead atoms. The molecule has 0 aliphatic rings. The second-order valence-corrected chi connectivity index (χ2v) is 9.22. The number of nitrogens with two attached hydrogens (primary N) is 2. The van der Waals surface area contributed by atoms with Gasteiger partial charge in [0.05, 0.1) is 4.90 Å². The minimum absolute atomic E-state index is 0.0510. The van der Waals surface area contributed by atoms with E-state index in [1.165, 1.54) is 23.1 Å². The minimum atomic E-state index is -3.88. The third-order valence-electron chi connectivity index (χ3n) is 4.28. The quantitative estimate of drug-likeness (QED) is 0.465. The highest BCUT2D eigenvalue weighted by atomic mass is 32.2. The van der Waals surface area contributed by atoms with Crippen molar-refractivity contribution in [1.29, 1.82) is 0 Å². The lowest BCUT2D eigenvalue weighted by Crippen LogP contribution is -2.12. The summed E-state index contributed by atoms with van der Waals surface area (Å²) >= 11 is 0. The summed E-state index contributed by atoms with van der Waals surface area (Å²) in [7, 11) is -5.05. The molecule has 29 heavy (non-hydrogen) atoms. The number of hydrogen-bond donors (Lipinski definition) is 2. The molecule has 0 aliphatic heterocycles. The molecule has 1 atom stereocenters. The van der Waals surface area contributed by atoms with Crippen LogP contribution >= 0.6 is 0 Å². The summed E-state index contributed by atoms with van der Waals surface area (Å²) in [6, 6.07) is 13.1. The highest BCUT2D eigenvalue weighted by Crippen LogP contribution is 2.29. The van der Waals surface area contributed by atoms with Crippen molar-refractivity contribution < 1.29 is 12.6 Å². The van der Waals surface area contributed by atoms with Crippen LogP contribution in [-0.2, 0) is 20.8 Å². The van der Waals surface area contributed by atoms with Crippen molar-refractivity contribution in [3.8, 4) is 22.6 Å². The van der Waals surface area contributed by atoms with E-state index in [9.17, 15) is 12.6 Å². The van der Waals surface area contributed by atoms with Gasteiger partial charge < -0.3 is 5.84 Å². The van der Waals surface area contributed by atoms with E-state index in [2.05, 4.69) is 15.0 Å². The molecule has 11 heteroatoms. The van der Waals surface area contributed by atoms with Crippen LogP contribution in [0.25, 0.3) is 33.8 Å². The van der Waals surface area contributed by atoms with Crippen LogP contribution in [0.2, 0.25) is 0 Å². The molecule has 1 unspecified atom stereocenters. The van der Waals surface area contributed by atoms with Crippen LogP contribution in [0.3, 0.4) is 0 Å². The Hall–Kier alpha value is -3.15. The van der Waals surface area contributed by atoms with Crippen molar-refractivity contribution in [3.63, 3.8) is 0 Å². The van der Waals surface area contributed by atoms with Gasteiger partial charge in [-0.05, 0) is 24.3 Å². The highest BCUT2D eigenvalue weighted by Gasteiger charge is 2.17. The van der Waals surface area contributed by atoms with Crippen LogP contribution in [-0.4, -0.2) is 38.5 Å². The first kappa shape index (κ1) is 19.2. The zero-order valence-electron chi connectivity index (χ0n) is 15.2. The zero-order chi connectivity index (χ0) is 20.8. The molecule has 0 saturated carbocycles. The van der Waals surface area contributed by atoms with E-state index in [4.69, 9.17) is 11.0 Å². The molecule has 0 saturated heterocycles. The number of rotatable bonds is 4. The Morgan fingerprint density at radius 2 is 1.76 bits per heavy atom. The van der Waals surface area contributed by atoms with Gasteiger partial charge in [0.25, 0.3) is 0 Å². The highest BCUT2D eigenvalue weighted by molar-refractivity contribution is 7.89. The summed E-state index contributed by atoms with van der Waals surface area (Å²) in [5, 5.41) is 5.24. The van der Waals surface area contributed by atoms with Crippen molar-refractivity contribution in [2.75, 3.05) is 12.1 Å². The van der Waals surface area contributed by atoms with Gasteiger partial charge in [-0.1, -0.05) is 24.3 Å². The lowest BCUT2D eigenvalue weighted by molar-refractivity contribution is 0.598. The van der Waals surface area contributed by atoms with E-state index in [0.29, 0.717) is 32.9 Å². The van der Waals surface area contributed by atoms with E-state index in [1.807, 2.05) is 6.07 Å². The van der Waals surface area contributed by atoms with Gasteiger partial charge in [0.1, 0.15) is 17.5 Å². The van der Waals surface area contributed by atoms with Gasteiger partial charge >= 0.3 is 0 Å². The number of primary sulfonamides is 1. The smallest absolute Gasteiger partial charge is 0.238 e. The molecule has 0 spiro atoms. The predicted octanol–water partition coefficient (Wildman–Crippen LogP) is 1.26. The molecule has 2 aromatic carbocycles. The maximum absolute atomic E-state index is 11.9. The molecular weight excluding hydrogens is 412 g/mol. The Morgan fingerprint density at radius 1 is 1.03 bits per heavy atom. The van der Waals surface area contributed by atoms with E-state index in [0.717, 1.165) is 0 Å². The summed E-state index contributed by atoms with van der Waals surface area (Å²) in [5.74, 6) is 6.20. The number of nitrogen functional groups attached to an aromatic ring is 1. The van der Waals surface area contributed by atoms with Gasteiger partial charge in [-0.25, -0.2) is 33.2 Å². The van der Waals surface area contributed by atoms with Crippen LogP contribution in [0, 0.1) is 0 Å². The van der Waals surface area contributed by atoms with Crippen molar-refractivity contribution >= 4 is 32.0 Å². The summed E-state index contributed by atoms with van der Waals surface area (Å²) in [5.41, 5.74) is 2.47. The summed E-state index contributed by atoms with van der Waals surface area (Å²) in [6.45, 7) is 0. The fourth-order valence-electron chi connectivity index (χ4n) is 2.88. The van der Waals surface area contributed by atoms with Crippen LogP contribution in [0.5, 0.6) is 0 Å². The summed E-state index contributed by atoms with van der Waals surface area (Å²) in [6.07, 6.45) is 3.00. The fraction of sp³-hybridized carbons (Fsp3) is 0.0556. The number of benzene rings is 2. The summed E-state index contributed by atoms with van der Waals surface area (Å²) in [4.78, 5) is 13.9. The third-order valence-corrected chi connectivity index (χ3v) is 6.11. The van der Waals surface area contributed by atoms with E-state index in [1.54, 1.807) is 36.6 Å². The number of aromatic nitrogens is 4. The van der Waals surface area contributed by atoms with Gasteiger partial charge in [0.2, 0.25) is 10.0 Å². The number of fused-ring (bicyclic) bond motifs is 1. The first-order valence-electron chi connectivity index (χ1n) is 8.31. The van der Waals surface area contributed by atoms with Gasteiger partial charge in [0.15, 0.2) is 11.5 Å². The first-order chi connectivity index (χ1) is 13.7. The molecule has 9 nitrogen and oxygen atoms in total. The Kier molecular flexibility index (Phi) is 4.65. The number of hydrogen-bond acceptors (Lipinski definition) is 7. The monoisotopic (exact) mass is 428 g/mol. The predicted molar refractivity (Wildman–Crippen MR) is 110 cm³/mol. The number of nitrogens with zero attached hydrogens (tertiary/aromatic N) is 4. The summed E-state index contributed by atoms with van der Waals surface area (Å²) < 4.78 is 36.6. The van der Waals surface area contributed by atoms with Gasteiger partial charge in [-0.3, -0.25) is 4.21 Å². The van der Waals surface area contributed by atoms with E-state index >= 15 is 0 Å². The average molecular weight is 428 g/mol. The largest absolute Gasteiger partial charge is 0.336 e. The molecule has 2 aromatic heterocycles. The molecule has 4 N–H and O–H groups in total. The lowest BCUT2D eigenvalue weighted by atomic mass is 10.1. The second kappa shape index (κ2) is 7.03. The normalized spacial score (nSPS) is 12.9. The molecule has 148 valence electrons. The van der Waals surface area contributed by atoms with Crippen molar-refractivity contribution in [1.82, 2.24) is 19.6 Å². The first-order valence-corrected chi connectivity index (χ1v) is 11.4. The Morgan fingerprint density at radius 3 is 2.48 bits per heavy atom. The minimum Gasteiger partial charge on any atom is -0.336 e. The maximum Gasteiger partial charge on any atom is 0.238 e. The Labute approximate surface area is 168 Å². The van der Waals surface area contributed by atoms with Crippen LogP contribution in [0.15, 0.2) is 64.6 Å². The Bertz CT molecular complexity index is 1380. The second-order valence-electron chi connectivity index (χ2n) is 6.27. The van der Waals surface area contributed by atoms with E-state index < -0.39 is 20.8 Å². The maximum atomic E-state index is 11.9. The standard InChI is InChI=1S/C18H16N6O3S2/c1-28(25)13-6-2-4-11(8-13)15-16-18(24(19)10-21-16)23-17(22-15)12-5-3-7-14(9-12)29(20,26)27/h2-10H,19H2,1H3,(H2,20,26,27).